The molecule has 1 amide bonds. The molecule has 0 radical (unpaired) electrons. The van der Waals surface area contributed by atoms with Crippen LogP contribution in [0.5, 0.6) is 11.5 Å². The van der Waals surface area contributed by atoms with Crippen LogP contribution in [0.3, 0.4) is 0 Å². The van der Waals surface area contributed by atoms with Crippen LogP contribution in [0, 0.1) is 0 Å². The minimum atomic E-state index is -0.902. The number of rotatable bonds is 12. The van der Waals surface area contributed by atoms with Crippen molar-refractivity contribution in [2.75, 3.05) is 14.2 Å². The van der Waals surface area contributed by atoms with Gasteiger partial charge in [0.25, 0.3) is 0 Å². The number of carbonyl (C=O) groups excluding carboxylic acids is 2. The normalized spacial score (nSPS) is 11.5. The summed E-state index contributed by atoms with van der Waals surface area (Å²) in [5.41, 5.74) is 3.54. The SMILES string of the molecule is COc1ccc(C[C@H](NC(=O)CCc2ccccc2)C(=O)OC(c2ccccc2)c2ccccc2)cc1OC. The highest BCUT2D eigenvalue weighted by Crippen LogP contribution is 2.29. The smallest absolute Gasteiger partial charge is 0.329 e. The van der Waals surface area contributed by atoms with E-state index in [1.165, 1.54) is 0 Å². The zero-order valence-electron chi connectivity index (χ0n) is 22.2. The van der Waals surface area contributed by atoms with E-state index in [-0.39, 0.29) is 18.7 Å². The Morgan fingerprint density at radius 3 is 1.82 bits per heavy atom. The van der Waals surface area contributed by atoms with Gasteiger partial charge in [0.05, 0.1) is 14.2 Å². The van der Waals surface area contributed by atoms with Crippen molar-refractivity contribution < 1.29 is 23.8 Å². The first-order valence-corrected chi connectivity index (χ1v) is 12.9. The van der Waals surface area contributed by atoms with Crippen molar-refractivity contribution >= 4 is 11.9 Å². The molecular formula is C33H33NO5. The molecule has 6 nitrogen and oxygen atoms in total. The van der Waals surface area contributed by atoms with Crippen molar-refractivity contribution in [1.29, 1.82) is 0 Å². The molecule has 0 aliphatic heterocycles. The number of aryl methyl sites for hydroxylation is 1. The van der Waals surface area contributed by atoms with Crippen LogP contribution in [0.2, 0.25) is 0 Å². The third-order valence-electron chi connectivity index (χ3n) is 6.43. The molecule has 4 aromatic carbocycles. The van der Waals surface area contributed by atoms with Crippen molar-refractivity contribution in [3.63, 3.8) is 0 Å². The monoisotopic (exact) mass is 523 g/mol. The molecule has 0 saturated carbocycles. The number of amides is 1. The number of carbonyl (C=O) groups is 2. The lowest BCUT2D eigenvalue weighted by atomic mass is 10.0. The standard InChI is InChI=1S/C33H33NO5/c1-37-29-20-18-25(23-30(29)38-2)22-28(34-31(35)21-19-24-12-6-3-7-13-24)33(36)39-32(26-14-8-4-9-15-26)27-16-10-5-11-17-27/h3-18,20,23,28,32H,19,21-22H2,1-2H3,(H,34,35)/t28-/m0/s1. The fourth-order valence-corrected chi connectivity index (χ4v) is 4.39. The van der Waals surface area contributed by atoms with Gasteiger partial charge >= 0.3 is 5.97 Å². The Bertz CT molecular complexity index is 1300. The molecule has 0 saturated heterocycles. The van der Waals surface area contributed by atoms with Gasteiger partial charge in [0.15, 0.2) is 17.6 Å². The van der Waals surface area contributed by atoms with E-state index in [2.05, 4.69) is 5.32 Å². The van der Waals surface area contributed by atoms with E-state index in [1.807, 2.05) is 97.1 Å². The summed E-state index contributed by atoms with van der Waals surface area (Å²) in [7, 11) is 3.13. The average molecular weight is 524 g/mol. The number of hydrogen-bond acceptors (Lipinski definition) is 5. The molecule has 0 heterocycles. The summed E-state index contributed by atoms with van der Waals surface area (Å²) in [6, 6.07) is 33.5. The van der Waals surface area contributed by atoms with Gasteiger partial charge in [-0.15, -0.1) is 0 Å². The maximum absolute atomic E-state index is 13.7. The number of hydrogen-bond donors (Lipinski definition) is 1. The molecule has 200 valence electrons. The molecule has 4 rings (SSSR count). The molecule has 1 N–H and O–H groups in total. The summed E-state index contributed by atoms with van der Waals surface area (Å²) >= 11 is 0. The van der Waals surface area contributed by atoms with Gasteiger partial charge in [-0.05, 0) is 40.8 Å². The van der Waals surface area contributed by atoms with Gasteiger partial charge in [0, 0.05) is 12.8 Å². The van der Waals surface area contributed by atoms with Crippen molar-refractivity contribution in [1.82, 2.24) is 5.32 Å². The van der Waals surface area contributed by atoms with Crippen molar-refractivity contribution in [3.05, 3.63) is 131 Å². The van der Waals surface area contributed by atoms with Crippen LogP contribution in [-0.2, 0) is 27.2 Å². The van der Waals surface area contributed by atoms with E-state index < -0.39 is 18.1 Å². The molecule has 0 aromatic heterocycles. The summed E-state index contributed by atoms with van der Waals surface area (Å²) < 4.78 is 16.9. The van der Waals surface area contributed by atoms with Crippen molar-refractivity contribution in [2.24, 2.45) is 0 Å². The number of ether oxygens (including phenoxy) is 3. The van der Waals surface area contributed by atoms with Crippen LogP contribution >= 0.6 is 0 Å². The van der Waals surface area contributed by atoms with Crippen LogP contribution in [0.25, 0.3) is 0 Å². The zero-order chi connectivity index (χ0) is 27.5. The van der Waals surface area contributed by atoms with Crippen molar-refractivity contribution in [3.8, 4) is 11.5 Å². The second kappa shape index (κ2) is 13.8. The van der Waals surface area contributed by atoms with E-state index in [9.17, 15) is 9.59 Å². The predicted octanol–water partition coefficient (Wildman–Crippen LogP) is 5.70. The minimum Gasteiger partial charge on any atom is -0.493 e. The molecule has 0 unspecified atom stereocenters. The van der Waals surface area contributed by atoms with Crippen LogP contribution in [-0.4, -0.2) is 32.1 Å². The molecule has 4 aromatic rings. The molecule has 0 aliphatic rings. The topological polar surface area (TPSA) is 73.9 Å². The number of nitrogens with one attached hydrogen (secondary N) is 1. The highest BCUT2D eigenvalue weighted by atomic mass is 16.5. The van der Waals surface area contributed by atoms with E-state index in [0.717, 1.165) is 22.3 Å². The van der Waals surface area contributed by atoms with Gasteiger partial charge < -0.3 is 19.5 Å². The quantitative estimate of drug-likeness (QED) is 0.241. The predicted molar refractivity (Wildman–Crippen MR) is 151 cm³/mol. The fraction of sp³-hybridized carbons (Fsp3) is 0.212. The van der Waals surface area contributed by atoms with E-state index in [4.69, 9.17) is 14.2 Å². The third kappa shape index (κ3) is 7.71. The van der Waals surface area contributed by atoms with Gasteiger partial charge in [-0.1, -0.05) is 97.1 Å². The highest BCUT2D eigenvalue weighted by Gasteiger charge is 2.27. The molecule has 0 spiro atoms. The first kappa shape index (κ1) is 27.5. The summed E-state index contributed by atoms with van der Waals surface area (Å²) in [5.74, 6) is 0.386. The van der Waals surface area contributed by atoms with Gasteiger partial charge in [-0.25, -0.2) is 4.79 Å². The van der Waals surface area contributed by atoms with Crippen LogP contribution in [0.15, 0.2) is 109 Å². The van der Waals surface area contributed by atoms with Crippen LogP contribution in [0.4, 0.5) is 0 Å². The number of esters is 1. The average Bonchev–Trinajstić information content (AvgIpc) is 2.99. The highest BCUT2D eigenvalue weighted by molar-refractivity contribution is 5.85. The largest absolute Gasteiger partial charge is 0.493 e. The molecule has 0 aliphatic carbocycles. The Morgan fingerprint density at radius 2 is 1.26 bits per heavy atom. The molecule has 39 heavy (non-hydrogen) atoms. The molecule has 6 heteroatoms. The molecule has 1 atom stereocenters. The van der Waals surface area contributed by atoms with Crippen LogP contribution < -0.4 is 14.8 Å². The summed E-state index contributed by atoms with van der Waals surface area (Å²) in [5, 5.41) is 2.92. The Kier molecular flexibility index (Phi) is 9.73. The lowest BCUT2D eigenvalue weighted by Crippen LogP contribution is -2.44. The lowest BCUT2D eigenvalue weighted by molar-refractivity contribution is -0.151. The van der Waals surface area contributed by atoms with E-state index in [0.29, 0.717) is 17.9 Å². The lowest BCUT2D eigenvalue weighted by Gasteiger charge is -2.24. The van der Waals surface area contributed by atoms with Crippen molar-refractivity contribution in [2.45, 2.75) is 31.4 Å². The first-order chi connectivity index (χ1) is 19.1. The summed E-state index contributed by atoms with van der Waals surface area (Å²) in [4.78, 5) is 26.7. The third-order valence-corrected chi connectivity index (χ3v) is 6.43. The minimum absolute atomic E-state index is 0.225. The Balaban J connectivity index is 1.57. The maximum Gasteiger partial charge on any atom is 0.329 e. The molecular weight excluding hydrogens is 490 g/mol. The van der Waals surface area contributed by atoms with Gasteiger partial charge in [-0.3, -0.25) is 4.79 Å². The summed E-state index contributed by atoms with van der Waals surface area (Å²) in [6.45, 7) is 0. The zero-order valence-corrected chi connectivity index (χ0v) is 22.2. The van der Waals surface area contributed by atoms with E-state index in [1.54, 1.807) is 26.4 Å². The molecule has 0 bridgehead atoms. The summed E-state index contributed by atoms with van der Waals surface area (Å²) in [6.07, 6.45) is 0.434. The Labute approximate surface area is 229 Å². The van der Waals surface area contributed by atoms with E-state index >= 15 is 0 Å². The number of methoxy groups -OCH3 is 2. The fourth-order valence-electron chi connectivity index (χ4n) is 4.39. The van der Waals surface area contributed by atoms with Gasteiger partial charge in [0.2, 0.25) is 5.91 Å². The second-order valence-corrected chi connectivity index (χ2v) is 9.14. The Hall–Kier alpha value is -4.58. The second-order valence-electron chi connectivity index (χ2n) is 9.14. The maximum atomic E-state index is 13.7. The first-order valence-electron chi connectivity index (χ1n) is 12.9. The molecule has 0 fully saturated rings. The number of benzene rings is 4. The van der Waals surface area contributed by atoms with Gasteiger partial charge in [0.1, 0.15) is 6.04 Å². The van der Waals surface area contributed by atoms with Crippen LogP contribution in [0.1, 0.15) is 34.8 Å². The Morgan fingerprint density at radius 1 is 0.692 bits per heavy atom. The van der Waals surface area contributed by atoms with Gasteiger partial charge in [-0.2, -0.15) is 0 Å².